The largest absolute Gasteiger partial charge is 0.462 e. The van der Waals surface area contributed by atoms with E-state index >= 15 is 0 Å². The van der Waals surface area contributed by atoms with Crippen LogP contribution in [0.4, 0.5) is 0 Å². The molecule has 0 radical (unpaired) electrons. The van der Waals surface area contributed by atoms with Crippen molar-refractivity contribution in [2.75, 3.05) is 13.2 Å². The molecule has 0 aromatic heterocycles. The van der Waals surface area contributed by atoms with Gasteiger partial charge in [0.25, 0.3) is 0 Å². The summed E-state index contributed by atoms with van der Waals surface area (Å²) in [6, 6.07) is 0. The molecular formula is C50H96O6. The van der Waals surface area contributed by atoms with Gasteiger partial charge in [0.1, 0.15) is 13.2 Å². The maximum absolute atomic E-state index is 12.7. The summed E-state index contributed by atoms with van der Waals surface area (Å²) in [6.07, 6.45) is 39.3. The highest BCUT2D eigenvalue weighted by atomic mass is 16.6. The third-order valence-electron chi connectivity index (χ3n) is 12.2. The summed E-state index contributed by atoms with van der Waals surface area (Å²) in [7, 11) is 0. The van der Waals surface area contributed by atoms with Crippen LogP contribution in [0.25, 0.3) is 0 Å². The van der Waals surface area contributed by atoms with Gasteiger partial charge >= 0.3 is 17.9 Å². The first-order valence-electron chi connectivity index (χ1n) is 24.7. The van der Waals surface area contributed by atoms with E-state index in [0.29, 0.717) is 19.3 Å². The Morgan fingerprint density at radius 1 is 0.339 bits per heavy atom. The first kappa shape index (κ1) is 54.4. The molecule has 3 unspecified atom stereocenters. The molecule has 0 N–H and O–H groups in total. The van der Waals surface area contributed by atoms with Crippen molar-refractivity contribution < 1.29 is 28.6 Å². The van der Waals surface area contributed by atoms with Crippen LogP contribution < -0.4 is 0 Å². The molecule has 0 spiro atoms. The van der Waals surface area contributed by atoms with Crippen LogP contribution in [0.5, 0.6) is 0 Å². The van der Waals surface area contributed by atoms with E-state index in [-0.39, 0.29) is 31.1 Å². The SMILES string of the molecule is CCC(C)CCCCCCCCCCCCC(=O)OC[C@H](COC(=O)CCCCCCCCCCC(C)CC)OC(=O)CCCCCCCCCCC(C)CC. The van der Waals surface area contributed by atoms with Crippen molar-refractivity contribution in [2.24, 2.45) is 17.8 Å². The molecule has 0 rings (SSSR count). The van der Waals surface area contributed by atoms with E-state index in [1.165, 1.54) is 148 Å². The Hall–Kier alpha value is -1.59. The Labute approximate surface area is 348 Å². The van der Waals surface area contributed by atoms with Crippen LogP contribution in [-0.4, -0.2) is 37.2 Å². The number of unbranched alkanes of at least 4 members (excludes halogenated alkanes) is 23. The molecule has 0 aliphatic rings. The van der Waals surface area contributed by atoms with Crippen LogP contribution in [0, 0.1) is 17.8 Å². The number of rotatable bonds is 43. The third kappa shape index (κ3) is 39.2. The van der Waals surface area contributed by atoms with E-state index in [0.717, 1.165) is 75.5 Å². The fourth-order valence-corrected chi connectivity index (χ4v) is 7.31. The molecule has 0 aromatic rings. The van der Waals surface area contributed by atoms with Gasteiger partial charge in [-0.15, -0.1) is 0 Å². The molecule has 56 heavy (non-hydrogen) atoms. The molecule has 0 amide bonds. The van der Waals surface area contributed by atoms with Gasteiger partial charge in [0.05, 0.1) is 0 Å². The highest BCUT2D eigenvalue weighted by Crippen LogP contribution is 2.18. The quantitative estimate of drug-likeness (QED) is 0.0348. The van der Waals surface area contributed by atoms with Gasteiger partial charge in [-0.2, -0.15) is 0 Å². The van der Waals surface area contributed by atoms with Crippen molar-refractivity contribution in [1.29, 1.82) is 0 Å². The maximum atomic E-state index is 12.7. The van der Waals surface area contributed by atoms with E-state index < -0.39 is 6.10 Å². The highest BCUT2D eigenvalue weighted by Gasteiger charge is 2.19. The summed E-state index contributed by atoms with van der Waals surface area (Å²) in [6.45, 7) is 13.7. The fourth-order valence-electron chi connectivity index (χ4n) is 7.31. The molecule has 6 heteroatoms. The average molecular weight is 793 g/mol. The molecule has 332 valence electrons. The second-order valence-electron chi connectivity index (χ2n) is 17.8. The predicted octanol–water partition coefficient (Wildman–Crippen LogP) is 15.6. The lowest BCUT2D eigenvalue weighted by atomic mass is 9.99. The standard InChI is InChI=1S/C50H96O6/c1-7-44(4)36-30-24-18-12-10-11-13-21-27-33-39-48(51)54-42-47(56-50(53)41-35-29-23-17-15-20-26-32-38-46(6)9-3)43-55-49(52)40-34-28-22-16-14-19-25-31-37-45(5)8-2/h44-47H,7-43H2,1-6H3/t44?,45?,46?,47-/m1/s1. The fraction of sp³-hybridized carbons (Fsp3) is 0.940. The second kappa shape index (κ2) is 41.6. The monoisotopic (exact) mass is 793 g/mol. The summed E-state index contributed by atoms with van der Waals surface area (Å²) in [5.41, 5.74) is 0. The number of esters is 3. The molecule has 0 heterocycles. The van der Waals surface area contributed by atoms with Crippen LogP contribution >= 0.6 is 0 Å². The maximum Gasteiger partial charge on any atom is 0.306 e. The molecule has 0 saturated carbocycles. The molecule has 0 bridgehead atoms. The van der Waals surface area contributed by atoms with Gasteiger partial charge in [0.2, 0.25) is 0 Å². The molecule has 4 atom stereocenters. The second-order valence-corrected chi connectivity index (χ2v) is 17.8. The lowest BCUT2D eigenvalue weighted by Crippen LogP contribution is -2.30. The molecular weight excluding hydrogens is 697 g/mol. The topological polar surface area (TPSA) is 78.9 Å². The Balaban J connectivity index is 4.36. The van der Waals surface area contributed by atoms with Gasteiger partial charge in [-0.25, -0.2) is 0 Å². The van der Waals surface area contributed by atoms with Gasteiger partial charge in [-0.05, 0) is 37.0 Å². The predicted molar refractivity (Wildman–Crippen MR) is 238 cm³/mol. The Morgan fingerprint density at radius 3 is 0.839 bits per heavy atom. The van der Waals surface area contributed by atoms with Crippen molar-refractivity contribution in [1.82, 2.24) is 0 Å². The van der Waals surface area contributed by atoms with Crippen LogP contribution in [0.3, 0.4) is 0 Å². The van der Waals surface area contributed by atoms with Crippen LogP contribution in [0.1, 0.15) is 266 Å². The minimum absolute atomic E-state index is 0.0659. The zero-order chi connectivity index (χ0) is 41.3. The number of hydrogen-bond donors (Lipinski definition) is 0. The first-order chi connectivity index (χ1) is 27.2. The van der Waals surface area contributed by atoms with E-state index in [1.54, 1.807) is 0 Å². The van der Waals surface area contributed by atoms with Gasteiger partial charge in [-0.1, -0.05) is 228 Å². The van der Waals surface area contributed by atoms with Crippen molar-refractivity contribution in [3.05, 3.63) is 0 Å². The zero-order valence-electron chi connectivity index (χ0n) is 38.4. The van der Waals surface area contributed by atoms with Crippen molar-refractivity contribution in [3.63, 3.8) is 0 Å². The van der Waals surface area contributed by atoms with Crippen LogP contribution in [0.2, 0.25) is 0 Å². The normalized spacial score (nSPS) is 13.6. The smallest absolute Gasteiger partial charge is 0.306 e. The van der Waals surface area contributed by atoms with E-state index in [4.69, 9.17) is 14.2 Å². The minimum Gasteiger partial charge on any atom is -0.462 e. The summed E-state index contributed by atoms with van der Waals surface area (Å²) in [5, 5.41) is 0. The van der Waals surface area contributed by atoms with E-state index in [1.807, 2.05) is 0 Å². The van der Waals surface area contributed by atoms with Crippen molar-refractivity contribution in [3.8, 4) is 0 Å². The number of carbonyl (C=O) groups excluding carboxylic acids is 3. The van der Waals surface area contributed by atoms with Gasteiger partial charge in [0, 0.05) is 19.3 Å². The third-order valence-corrected chi connectivity index (χ3v) is 12.2. The molecule has 0 aliphatic carbocycles. The summed E-state index contributed by atoms with van der Waals surface area (Å²) in [5.74, 6) is 1.70. The van der Waals surface area contributed by atoms with E-state index in [9.17, 15) is 14.4 Å². The molecule has 0 saturated heterocycles. The summed E-state index contributed by atoms with van der Waals surface area (Å²) in [4.78, 5) is 37.9. The molecule has 0 aromatic carbocycles. The van der Waals surface area contributed by atoms with Crippen LogP contribution in [0.15, 0.2) is 0 Å². The average Bonchev–Trinajstić information content (AvgIpc) is 3.20. The number of ether oxygens (including phenoxy) is 3. The minimum atomic E-state index is -0.763. The molecule has 0 aliphatic heterocycles. The number of hydrogen-bond acceptors (Lipinski definition) is 6. The summed E-state index contributed by atoms with van der Waals surface area (Å²) >= 11 is 0. The molecule has 6 nitrogen and oxygen atoms in total. The Morgan fingerprint density at radius 2 is 0.571 bits per heavy atom. The zero-order valence-corrected chi connectivity index (χ0v) is 38.4. The van der Waals surface area contributed by atoms with Crippen molar-refractivity contribution in [2.45, 2.75) is 272 Å². The highest BCUT2D eigenvalue weighted by molar-refractivity contribution is 5.71. The van der Waals surface area contributed by atoms with Crippen molar-refractivity contribution >= 4 is 17.9 Å². The van der Waals surface area contributed by atoms with Gasteiger partial charge < -0.3 is 14.2 Å². The van der Waals surface area contributed by atoms with Gasteiger partial charge in [-0.3, -0.25) is 14.4 Å². The van der Waals surface area contributed by atoms with E-state index in [2.05, 4.69) is 41.5 Å². The number of carbonyl (C=O) groups is 3. The lowest BCUT2D eigenvalue weighted by molar-refractivity contribution is -0.167. The Bertz CT molecular complexity index is 874. The van der Waals surface area contributed by atoms with Crippen LogP contribution in [-0.2, 0) is 28.6 Å². The Kier molecular flexibility index (Phi) is 40.4. The summed E-state index contributed by atoms with van der Waals surface area (Å²) < 4.78 is 16.8. The molecule has 0 fully saturated rings. The first-order valence-corrected chi connectivity index (χ1v) is 24.7. The lowest BCUT2D eigenvalue weighted by Gasteiger charge is -2.18. The van der Waals surface area contributed by atoms with Gasteiger partial charge in [0.15, 0.2) is 6.10 Å².